The largest absolute Gasteiger partial charge is 0.497 e. The molecule has 2 aromatic heterocycles. The van der Waals surface area contributed by atoms with Crippen LogP contribution in [0.2, 0.25) is 0 Å². The van der Waals surface area contributed by atoms with Crippen LogP contribution in [0.4, 0.5) is 5.69 Å². The van der Waals surface area contributed by atoms with Crippen LogP contribution in [0.15, 0.2) is 47.3 Å². The third-order valence-corrected chi connectivity index (χ3v) is 8.18. The van der Waals surface area contributed by atoms with Crippen LogP contribution in [0, 0.1) is 13.8 Å². The van der Waals surface area contributed by atoms with Crippen molar-refractivity contribution in [1.29, 1.82) is 0 Å². The second-order valence-electron chi connectivity index (χ2n) is 10.5. The monoisotopic (exact) mass is 529 g/mol. The highest BCUT2D eigenvalue weighted by atomic mass is 16.5. The highest BCUT2D eigenvalue weighted by Gasteiger charge is 2.34. The fraction of sp³-hybridized carbons (Fsp3) is 0.448. The van der Waals surface area contributed by atoms with Gasteiger partial charge in [0.15, 0.2) is 5.82 Å². The van der Waals surface area contributed by atoms with E-state index in [9.17, 15) is 4.79 Å². The maximum absolute atomic E-state index is 13.6. The van der Waals surface area contributed by atoms with Crippen molar-refractivity contribution in [3.8, 4) is 5.75 Å². The van der Waals surface area contributed by atoms with Gasteiger partial charge in [-0.3, -0.25) is 9.69 Å². The number of piperazine rings is 1. The molecule has 0 amide bonds. The fourth-order valence-corrected chi connectivity index (χ4v) is 5.85. The average molecular weight is 530 g/mol. The van der Waals surface area contributed by atoms with E-state index >= 15 is 0 Å². The van der Waals surface area contributed by atoms with E-state index in [2.05, 4.69) is 62.4 Å². The fourth-order valence-electron chi connectivity index (χ4n) is 5.85. The third-order valence-electron chi connectivity index (χ3n) is 8.18. The predicted octanol–water partition coefficient (Wildman–Crippen LogP) is 3.23. The van der Waals surface area contributed by atoms with Crippen molar-refractivity contribution >= 4 is 16.6 Å². The number of tetrazole rings is 1. The molecule has 0 spiro atoms. The Morgan fingerprint density at radius 3 is 2.74 bits per heavy atom. The molecule has 4 heterocycles. The number of benzene rings is 2. The van der Waals surface area contributed by atoms with Crippen molar-refractivity contribution in [2.45, 2.75) is 45.4 Å². The van der Waals surface area contributed by atoms with Crippen LogP contribution in [0.25, 0.3) is 10.9 Å². The molecular formula is C29H35N7O3. The van der Waals surface area contributed by atoms with Crippen LogP contribution >= 0.6 is 0 Å². The number of hydrogen-bond donors (Lipinski definition) is 1. The summed E-state index contributed by atoms with van der Waals surface area (Å²) in [5, 5.41) is 13.8. The molecule has 204 valence electrons. The number of hydrogen-bond acceptors (Lipinski definition) is 8. The van der Waals surface area contributed by atoms with Gasteiger partial charge in [-0.25, -0.2) is 4.68 Å². The molecule has 2 aliphatic rings. The summed E-state index contributed by atoms with van der Waals surface area (Å²) in [6.07, 6.45) is 2.10. The van der Waals surface area contributed by atoms with Gasteiger partial charge in [-0.2, -0.15) is 0 Å². The van der Waals surface area contributed by atoms with Gasteiger partial charge in [-0.05, 0) is 78.6 Å². The highest BCUT2D eigenvalue weighted by Crippen LogP contribution is 2.31. The topological polar surface area (TPSA) is 101 Å². The zero-order chi connectivity index (χ0) is 26.9. The lowest BCUT2D eigenvalue weighted by molar-refractivity contribution is 0.0906. The summed E-state index contributed by atoms with van der Waals surface area (Å²) in [6.45, 7) is 8.88. The number of ether oxygens (including phenoxy) is 2. The van der Waals surface area contributed by atoms with Gasteiger partial charge in [0.05, 0.1) is 19.8 Å². The molecular weight excluding hydrogens is 494 g/mol. The number of H-pyrrole nitrogens is 1. The van der Waals surface area contributed by atoms with Crippen LogP contribution in [-0.4, -0.2) is 76.1 Å². The number of aromatic nitrogens is 5. The Morgan fingerprint density at radius 1 is 1.13 bits per heavy atom. The third kappa shape index (κ3) is 5.02. The minimum atomic E-state index is -0.401. The molecule has 2 aliphatic heterocycles. The van der Waals surface area contributed by atoms with Crippen molar-refractivity contribution in [3.63, 3.8) is 0 Å². The Labute approximate surface area is 227 Å². The molecule has 2 atom stereocenters. The van der Waals surface area contributed by atoms with Gasteiger partial charge in [0, 0.05) is 54.9 Å². The number of methoxy groups -OCH3 is 1. The second-order valence-corrected chi connectivity index (χ2v) is 10.5. The second kappa shape index (κ2) is 10.8. The maximum Gasteiger partial charge on any atom is 0.253 e. The standard InChI is InChI=1S/C29H35N7O3/c1-19-6-4-8-26(20(19)2)34-11-13-35(14-12-34)27(28-31-32-33-36(28)18-23-7-5-15-39-23)24-17-21-16-22(38-3)9-10-25(21)30-29(24)37/h4,6,8-10,16-17,23,27H,5,7,11-15,18H2,1-3H3,(H,30,37). The zero-order valence-electron chi connectivity index (χ0n) is 22.8. The Kier molecular flexibility index (Phi) is 7.05. The number of pyridine rings is 1. The summed E-state index contributed by atoms with van der Waals surface area (Å²) < 4.78 is 13.2. The first-order chi connectivity index (χ1) is 19.0. The van der Waals surface area contributed by atoms with Gasteiger partial charge in [0.25, 0.3) is 5.56 Å². The summed E-state index contributed by atoms with van der Waals surface area (Å²) in [6, 6.07) is 13.7. The molecule has 0 aliphatic carbocycles. The number of nitrogens with zero attached hydrogens (tertiary/aromatic N) is 6. The first kappa shape index (κ1) is 25.5. The summed E-state index contributed by atoms with van der Waals surface area (Å²) in [4.78, 5) is 21.4. The lowest BCUT2D eigenvalue weighted by Crippen LogP contribution is -2.49. The van der Waals surface area contributed by atoms with Gasteiger partial charge >= 0.3 is 0 Å². The van der Waals surface area contributed by atoms with Gasteiger partial charge in [0.2, 0.25) is 0 Å². The number of aromatic amines is 1. The van der Waals surface area contributed by atoms with Crippen molar-refractivity contribution in [2.24, 2.45) is 0 Å². The Morgan fingerprint density at radius 2 is 1.97 bits per heavy atom. The Balaban J connectivity index is 1.37. The maximum atomic E-state index is 13.6. The molecule has 1 N–H and O–H groups in total. The quantitative estimate of drug-likeness (QED) is 0.390. The van der Waals surface area contributed by atoms with Gasteiger partial charge in [-0.1, -0.05) is 12.1 Å². The van der Waals surface area contributed by atoms with Gasteiger partial charge in [-0.15, -0.1) is 5.10 Å². The molecule has 0 bridgehead atoms. The molecule has 0 radical (unpaired) electrons. The molecule has 2 unspecified atom stereocenters. The Hall–Kier alpha value is -3.76. The normalized spacial score (nSPS) is 19.1. The van der Waals surface area contributed by atoms with Crippen LogP contribution < -0.4 is 15.2 Å². The number of aryl methyl sites for hydroxylation is 1. The van der Waals surface area contributed by atoms with Crippen molar-refractivity contribution in [2.75, 3.05) is 44.8 Å². The number of anilines is 1. The van der Waals surface area contributed by atoms with E-state index in [1.54, 1.807) is 7.11 Å². The van der Waals surface area contributed by atoms with Crippen molar-refractivity contribution in [3.05, 3.63) is 75.3 Å². The highest BCUT2D eigenvalue weighted by molar-refractivity contribution is 5.80. The van der Waals surface area contributed by atoms with Crippen molar-refractivity contribution < 1.29 is 9.47 Å². The first-order valence-corrected chi connectivity index (χ1v) is 13.7. The summed E-state index contributed by atoms with van der Waals surface area (Å²) in [5.74, 6) is 1.40. The Bertz CT molecular complexity index is 1520. The average Bonchev–Trinajstić information content (AvgIpc) is 3.64. The summed E-state index contributed by atoms with van der Waals surface area (Å²) in [7, 11) is 1.64. The van der Waals surface area contributed by atoms with Crippen molar-refractivity contribution in [1.82, 2.24) is 30.1 Å². The van der Waals surface area contributed by atoms with Crippen LogP contribution in [0.3, 0.4) is 0 Å². The van der Waals surface area contributed by atoms with Crippen LogP contribution in [0.1, 0.15) is 41.4 Å². The number of nitrogens with one attached hydrogen (secondary N) is 1. The first-order valence-electron chi connectivity index (χ1n) is 13.7. The van der Waals surface area contributed by atoms with E-state index in [1.165, 1.54) is 16.8 Å². The molecule has 4 aromatic rings. The van der Waals surface area contributed by atoms with Crippen LogP contribution in [-0.2, 0) is 11.3 Å². The minimum absolute atomic E-state index is 0.0770. The number of fused-ring (bicyclic) bond motifs is 1. The smallest absolute Gasteiger partial charge is 0.253 e. The minimum Gasteiger partial charge on any atom is -0.497 e. The SMILES string of the molecule is COc1ccc2[nH]c(=O)c(C(c3nnnn3CC3CCCO3)N3CCN(c4cccc(C)c4C)CC3)cc2c1. The molecule has 2 saturated heterocycles. The zero-order valence-corrected chi connectivity index (χ0v) is 22.8. The number of rotatable bonds is 7. The molecule has 10 heteroatoms. The molecule has 2 aromatic carbocycles. The van der Waals surface area contributed by atoms with Crippen LogP contribution in [0.5, 0.6) is 5.75 Å². The van der Waals surface area contributed by atoms with E-state index in [0.29, 0.717) is 17.9 Å². The van der Waals surface area contributed by atoms with Gasteiger partial charge in [0.1, 0.15) is 11.8 Å². The van der Waals surface area contributed by atoms with E-state index in [4.69, 9.17) is 9.47 Å². The molecule has 6 rings (SSSR count). The lowest BCUT2D eigenvalue weighted by Gasteiger charge is -2.40. The van der Waals surface area contributed by atoms with Gasteiger partial charge < -0.3 is 19.4 Å². The summed E-state index contributed by atoms with van der Waals surface area (Å²) in [5.41, 5.74) is 5.12. The van der Waals surface area contributed by atoms with E-state index < -0.39 is 6.04 Å². The van der Waals surface area contributed by atoms with E-state index in [1.807, 2.05) is 28.9 Å². The molecule has 2 fully saturated rings. The molecule has 10 nitrogen and oxygen atoms in total. The summed E-state index contributed by atoms with van der Waals surface area (Å²) >= 11 is 0. The van der Waals surface area contributed by atoms with E-state index in [-0.39, 0.29) is 11.7 Å². The molecule has 39 heavy (non-hydrogen) atoms. The predicted molar refractivity (Wildman–Crippen MR) is 149 cm³/mol. The lowest BCUT2D eigenvalue weighted by atomic mass is 10.0. The van der Waals surface area contributed by atoms with E-state index in [0.717, 1.165) is 62.3 Å². The molecule has 0 saturated carbocycles.